The molecule has 1 heterocycles. The van der Waals surface area contributed by atoms with E-state index >= 15 is 0 Å². The number of hydrogen-bond donors (Lipinski definition) is 1. The van der Waals surface area contributed by atoms with E-state index in [0.717, 1.165) is 16.7 Å². The molecule has 0 spiro atoms. The van der Waals surface area contributed by atoms with Crippen LogP contribution < -0.4 is 9.64 Å². The normalized spacial score (nSPS) is 23.5. The van der Waals surface area contributed by atoms with Crippen LogP contribution in [0.5, 0.6) is 5.75 Å². The molecule has 0 radical (unpaired) electrons. The van der Waals surface area contributed by atoms with Gasteiger partial charge in [0.25, 0.3) is 0 Å². The molecule has 200 valence electrons. The standard InChI is InChI=1S/C30H29F4NO3/c1-17-9-12-26(18(2)13-17)38-22-11-10-21-14-24-23(27(31)29(24,37)30(32,33)34)15-25(21)35(16-22)28(36)19(3)20-7-5-4-6-8-20/h4-9,12-15,19,22,27,37H,10-11,16H2,1-3H3/t19-,22-,27?,29?/m0/s1. The summed E-state index contributed by atoms with van der Waals surface area (Å²) >= 11 is 0. The second-order valence-electron chi connectivity index (χ2n) is 10.3. The number of rotatable bonds is 4. The molecule has 2 unspecified atom stereocenters. The molecule has 0 fully saturated rings. The maximum Gasteiger partial charge on any atom is 0.424 e. The van der Waals surface area contributed by atoms with Gasteiger partial charge in [-0.15, -0.1) is 0 Å². The first-order valence-corrected chi connectivity index (χ1v) is 12.6. The van der Waals surface area contributed by atoms with Crippen LogP contribution >= 0.6 is 0 Å². The first kappa shape index (κ1) is 26.2. The van der Waals surface area contributed by atoms with E-state index in [9.17, 15) is 27.5 Å². The summed E-state index contributed by atoms with van der Waals surface area (Å²) in [7, 11) is 0. The van der Waals surface area contributed by atoms with Crippen LogP contribution in [-0.2, 0) is 16.8 Å². The number of halogens is 4. The fraction of sp³-hybridized carbons (Fsp3) is 0.367. The number of carbonyl (C=O) groups excluding carboxylic acids is 1. The second kappa shape index (κ2) is 9.42. The van der Waals surface area contributed by atoms with Crippen LogP contribution in [0.3, 0.4) is 0 Å². The Kier molecular flexibility index (Phi) is 6.50. The van der Waals surface area contributed by atoms with E-state index in [1.165, 1.54) is 17.0 Å². The van der Waals surface area contributed by atoms with Gasteiger partial charge in [0, 0.05) is 11.3 Å². The summed E-state index contributed by atoms with van der Waals surface area (Å²) in [4.78, 5) is 15.4. The van der Waals surface area contributed by atoms with Crippen molar-refractivity contribution >= 4 is 11.6 Å². The summed E-state index contributed by atoms with van der Waals surface area (Å²) < 4.78 is 62.0. The van der Waals surface area contributed by atoms with Crippen LogP contribution in [0.1, 0.15) is 58.8 Å². The Morgan fingerprint density at radius 3 is 2.47 bits per heavy atom. The van der Waals surface area contributed by atoms with Crippen molar-refractivity contribution in [1.29, 1.82) is 0 Å². The summed E-state index contributed by atoms with van der Waals surface area (Å²) in [5.41, 5.74) is -0.697. The lowest BCUT2D eigenvalue weighted by molar-refractivity contribution is -0.302. The molecule has 8 heteroatoms. The van der Waals surface area contributed by atoms with Gasteiger partial charge in [-0.1, -0.05) is 48.0 Å². The van der Waals surface area contributed by atoms with E-state index in [0.29, 0.717) is 29.8 Å². The minimum atomic E-state index is -5.16. The van der Waals surface area contributed by atoms with Gasteiger partial charge in [0.05, 0.1) is 12.5 Å². The summed E-state index contributed by atoms with van der Waals surface area (Å²) in [5.74, 6) is -0.159. The number of nitrogens with zero attached hydrogens (tertiary/aromatic N) is 1. The fourth-order valence-corrected chi connectivity index (χ4v) is 5.46. The van der Waals surface area contributed by atoms with Crippen molar-refractivity contribution in [3.63, 3.8) is 0 Å². The number of benzene rings is 3. The van der Waals surface area contributed by atoms with E-state index in [1.54, 1.807) is 6.92 Å². The smallest absolute Gasteiger partial charge is 0.424 e. The number of aliphatic hydroxyl groups is 1. The van der Waals surface area contributed by atoms with Crippen molar-refractivity contribution < 1.29 is 32.2 Å². The van der Waals surface area contributed by atoms with Gasteiger partial charge in [0.1, 0.15) is 11.9 Å². The Morgan fingerprint density at radius 1 is 1.11 bits per heavy atom. The molecule has 3 aromatic carbocycles. The predicted molar refractivity (Wildman–Crippen MR) is 136 cm³/mol. The number of anilines is 1. The number of hydrogen-bond acceptors (Lipinski definition) is 3. The Bertz CT molecular complexity index is 1370. The Labute approximate surface area is 218 Å². The minimum absolute atomic E-state index is 0.148. The van der Waals surface area contributed by atoms with E-state index < -0.39 is 35.5 Å². The van der Waals surface area contributed by atoms with Crippen molar-refractivity contribution in [2.75, 3.05) is 11.4 Å². The van der Waals surface area contributed by atoms with Crippen molar-refractivity contribution in [2.24, 2.45) is 0 Å². The van der Waals surface area contributed by atoms with E-state index in [4.69, 9.17) is 4.74 Å². The van der Waals surface area contributed by atoms with Crippen molar-refractivity contribution in [3.05, 3.63) is 94.0 Å². The van der Waals surface area contributed by atoms with Crippen LogP contribution in [0.2, 0.25) is 0 Å². The third-order valence-corrected chi connectivity index (χ3v) is 7.71. The molecule has 4 nitrogen and oxygen atoms in total. The number of ether oxygens (including phenoxy) is 1. The molecule has 1 amide bonds. The van der Waals surface area contributed by atoms with Gasteiger partial charge in [-0.2, -0.15) is 13.2 Å². The number of carbonyl (C=O) groups is 1. The molecule has 0 saturated heterocycles. The zero-order valence-corrected chi connectivity index (χ0v) is 21.3. The zero-order chi connectivity index (χ0) is 27.4. The molecular formula is C30H29F4NO3. The topological polar surface area (TPSA) is 49.8 Å². The highest BCUT2D eigenvalue weighted by Crippen LogP contribution is 2.60. The highest BCUT2D eigenvalue weighted by molar-refractivity contribution is 5.99. The number of aryl methyl sites for hydroxylation is 3. The number of alkyl halides is 4. The summed E-state index contributed by atoms with van der Waals surface area (Å²) in [5, 5.41) is 10.2. The second-order valence-corrected chi connectivity index (χ2v) is 10.3. The molecular weight excluding hydrogens is 498 g/mol. The number of amides is 1. The largest absolute Gasteiger partial charge is 0.488 e. The SMILES string of the molecule is Cc1ccc(O[C@H]2CCc3cc4c(cc3N(C(=O)[C@@H](C)c3ccccc3)C2)C(F)C4(O)C(F)(F)F)c(C)c1. The average molecular weight is 528 g/mol. The van der Waals surface area contributed by atoms with Crippen molar-refractivity contribution in [3.8, 4) is 5.75 Å². The van der Waals surface area contributed by atoms with Crippen molar-refractivity contribution in [1.82, 2.24) is 0 Å². The lowest BCUT2D eigenvalue weighted by Crippen LogP contribution is -2.53. The molecule has 1 N–H and O–H groups in total. The van der Waals surface area contributed by atoms with E-state index in [2.05, 4.69) is 0 Å². The van der Waals surface area contributed by atoms with E-state index in [-0.39, 0.29) is 18.0 Å². The monoisotopic (exact) mass is 527 g/mol. The summed E-state index contributed by atoms with van der Waals surface area (Å²) in [6, 6.07) is 17.5. The summed E-state index contributed by atoms with van der Waals surface area (Å²) in [6.45, 7) is 5.81. The van der Waals surface area contributed by atoms with Crippen LogP contribution in [0, 0.1) is 13.8 Å². The Morgan fingerprint density at radius 2 is 1.82 bits per heavy atom. The van der Waals surface area contributed by atoms with Crippen LogP contribution in [-0.4, -0.2) is 29.8 Å². The molecule has 0 saturated carbocycles. The lowest BCUT2D eigenvalue weighted by atomic mass is 9.70. The van der Waals surface area contributed by atoms with Gasteiger partial charge in [-0.05, 0) is 74.1 Å². The average Bonchev–Trinajstić information content (AvgIpc) is 3.07. The molecule has 2 aliphatic rings. The van der Waals surface area contributed by atoms with Crippen LogP contribution in [0.25, 0.3) is 0 Å². The Balaban J connectivity index is 1.55. The van der Waals surface area contributed by atoms with Gasteiger partial charge in [0.15, 0.2) is 6.17 Å². The molecule has 5 rings (SSSR count). The lowest BCUT2D eigenvalue weighted by Gasteiger charge is -2.44. The molecule has 0 aromatic heterocycles. The first-order chi connectivity index (χ1) is 17.9. The van der Waals surface area contributed by atoms with Gasteiger partial charge in [-0.3, -0.25) is 4.79 Å². The third-order valence-electron chi connectivity index (χ3n) is 7.71. The minimum Gasteiger partial charge on any atom is -0.488 e. The Hall–Kier alpha value is -3.39. The van der Waals surface area contributed by atoms with E-state index in [1.807, 2.05) is 62.4 Å². The first-order valence-electron chi connectivity index (χ1n) is 12.6. The number of fused-ring (bicyclic) bond motifs is 2. The predicted octanol–water partition coefficient (Wildman–Crippen LogP) is 6.61. The summed E-state index contributed by atoms with van der Waals surface area (Å²) in [6.07, 6.45) is -7.52. The van der Waals surface area contributed by atoms with Crippen LogP contribution in [0.4, 0.5) is 23.2 Å². The maximum absolute atomic E-state index is 14.8. The highest BCUT2D eigenvalue weighted by Gasteiger charge is 2.68. The third kappa shape index (κ3) is 4.25. The quantitative estimate of drug-likeness (QED) is 0.389. The van der Waals surface area contributed by atoms with Gasteiger partial charge >= 0.3 is 6.18 Å². The van der Waals surface area contributed by atoms with Gasteiger partial charge in [0.2, 0.25) is 11.5 Å². The highest BCUT2D eigenvalue weighted by atomic mass is 19.4. The fourth-order valence-electron chi connectivity index (χ4n) is 5.46. The molecule has 1 aliphatic heterocycles. The van der Waals surface area contributed by atoms with Crippen LogP contribution in [0.15, 0.2) is 60.7 Å². The molecule has 3 aromatic rings. The molecule has 0 bridgehead atoms. The molecule has 4 atom stereocenters. The van der Waals surface area contributed by atoms with Crippen molar-refractivity contribution in [2.45, 2.75) is 63.6 Å². The zero-order valence-electron chi connectivity index (χ0n) is 21.3. The molecule has 1 aliphatic carbocycles. The van der Waals surface area contributed by atoms with Gasteiger partial charge in [-0.25, -0.2) is 4.39 Å². The molecule has 38 heavy (non-hydrogen) atoms. The van der Waals surface area contributed by atoms with Gasteiger partial charge < -0.3 is 14.7 Å². The maximum atomic E-state index is 14.8.